The smallest absolute Gasteiger partial charge is 0.225 e. The third-order valence-corrected chi connectivity index (χ3v) is 3.94. The lowest BCUT2D eigenvalue weighted by molar-refractivity contribution is -0.132. The summed E-state index contributed by atoms with van der Waals surface area (Å²) in [6.45, 7) is 7.26. The summed E-state index contributed by atoms with van der Waals surface area (Å²) in [7, 11) is 2.01. The molecule has 1 saturated heterocycles. The molecule has 0 spiro atoms. The maximum Gasteiger partial charge on any atom is 0.225 e. The Hall–Kier alpha value is -1.91. The Morgan fingerprint density at radius 3 is 2.90 bits per heavy atom. The first-order valence-electron chi connectivity index (χ1n) is 7.52. The Bertz CT molecular complexity index is 486. The summed E-state index contributed by atoms with van der Waals surface area (Å²) in [6, 6.07) is 0.286. The van der Waals surface area contributed by atoms with Crippen LogP contribution in [-0.2, 0) is 4.79 Å². The predicted molar refractivity (Wildman–Crippen MR) is 84.2 cm³/mol. The van der Waals surface area contributed by atoms with Crippen molar-refractivity contribution in [3.63, 3.8) is 0 Å². The number of carbonyl (C=O) groups is 1. The van der Waals surface area contributed by atoms with Gasteiger partial charge in [-0.05, 0) is 31.7 Å². The largest absolute Gasteiger partial charge is 0.341 e. The number of likely N-dealkylation sites (N-methyl/N-ethyl adjacent to an activating group) is 1. The van der Waals surface area contributed by atoms with E-state index in [1.807, 2.05) is 31.3 Å². The Morgan fingerprint density at radius 2 is 2.24 bits per heavy atom. The Kier molecular flexibility index (Phi) is 5.31. The highest BCUT2D eigenvalue weighted by atomic mass is 16.2. The molecule has 1 aromatic rings. The summed E-state index contributed by atoms with van der Waals surface area (Å²) in [4.78, 5) is 24.9. The number of aromatic nitrogens is 2. The third kappa shape index (κ3) is 4.03. The standard InChI is InChI=1S/C16H24N4O/c1-4-5-8-15(21)20-9-6-7-14(12-20)19(3)16-17-10-13(2)11-18-16/h4,10-11,14H,1,5-9,12H2,2-3H3. The van der Waals surface area contributed by atoms with E-state index in [0.29, 0.717) is 6.42 Å². The van der Waals surface area contributed by atoms with Gasteiger partial charge in [0.1, 0.15) is 0 Å². The maximum atomic E-state index is 12.1. The van der Waals surface area contributed by atoms with E-state index in [-0.39, 0.29) is 11.9 Å². The van der Waals surface area contributed by atoms with Gasteiger partial charge in [-0.1, -0.05) is 6.08 Å². The maximum absolute atomic E-state index is 12.1. The van der Waals surface area contributed by atoms with Crippen LogP contribution in [0.25, 0.3) is 0 Å². The monoisotopic (exact) mass is 288 g/mol. The minimum absolute atomic E-state index is 0.220. The van der Waals surface area contributed by atoms with Gasteiger partial charge in [0.2, 0.25) is 11.9 Å². The van der Waals surface area contributed by atoms with E-state index >= 15 is 0 Å². The molecule has 1 atom stereocenters. The highest BCUT2D eigenvalue weighted by Gasteiger charge is 2.26. The summed E-state index contributed by atoms with van der Waals surface area (Å²) in [5.41, 5.74) is 1.05. The molecule has 5 heteroatoms. The molecule has 21 heavy (non-hydrogen) atoms. The van der Waals surface area contributed by atoms with Crippen LogP contribution in [0.15, 0.2) is 25.0 Å². The van der Waals surface area contributed by atoms with Crippen LogP contribution in [0.2, 0.25) is 0 Å². The molecule has 1 aromatic heterocycles. The van der Waals surface area contributed by atoms with Gasteiger partial charge in [0.25, 0.3) is 0 Å². The summed E-state index contributed by atoms with van der Waals surface area (Å²) < 4.78 is 0. The van der Waals surface area contributed by atoms with E-state index < -0.39 is 0 Å². The van der Waals surface area contributed by atoms with Gasteiger partial charge in [-0.25, -0.2) is 9.97 Å². The molecule has 5 nitrogen and oxygen atoms in total. The van der Waals surface area contributed by atoms with Gasteiger partial charge in [-0.15, -0.1) is 6.58 Å². The normalized spacial score (nSPS) is 18.4. The number of anilines is 1. The number of amides is 1. The second-order valence-electron chi connectivity index (χ2n) is 5.63. The lowest BCUT2D eigenvalue weighted by Crippen LogP contribution is -2.49. The van der Waals surface area contributed by atoms with Crippen molar-refractivity contribution in [2.45, 2.75) is 38.6 Å². The number of likely N-dealkylation sites (tertiary alicyclic amines) is 1. The summed E-state index contributed by atoms with van der Waals surface area (Å²) >= 11 is 0. The van der Waals surface area contributed by atoms with Crippen molar-refractivity contribution in [1.82, 2.24) is 14.9 Å². The SMILES string of the molecule is C=CCCC(=O)N1CCCC(N(C)c2ncc(C)cn2)C1. The van der Waals surface area contributed by atoms with Crippen molar-refractivity contribution in [1.29, 1.82) is 0 Å². The van der Waals surface area contributed by atoms with Crippen molar-refractivity contribution >= 4 is 11.9 Å². The van der Waals surface area contributed by atoms with Crippen molar-refractivity contribution in [3.05, 3.63) is 30.6 Å². The fraction of sp³-hybridized carbons (Fsp3) is 0.562. The first kappa shape index (κ1) is 15.5. The molecule has 1 aliphatic heterocycles. The molecule has 0 aromatic carbocycles. The Morgan fingerprint density at radius 1 is 1.52 bits per heavy atom. The molecule has 0 bridgehead atoms. The molecule has 2 rings (SSSR count). The molecule has 0 N–H and O–H groups in total. The van der Waals surface area contributed by atoms with E-state index in [4.69, 9.17) is 0 Å². The topological polar surface area (TPSA) is 49.3 Å². The van der Waals surface area contributed by atoms with Crippen LogP contribution in [0.3, 0.4) is 0 Å². The summed E-state index contributed by atoms with van der Waals surface area (Å²) in [6.07, 6.45) is 8.85. The van der Waals surface area contributed by atoms with Crippen molar-refractivity contribution < 1.29 is 4.79 Å². The van der Waals surface area contributed by atoms with Gasteiger partial charge in [0, 0.05) is 45.0 Å². The van der Waals surface area contributed by atoms with Gasteiger partial charge >= 0.3 is 0 Å². The van der Waals surface area contributed by atoms with E-state index in [2.05, 4.69) is 21.4 Å². The molecule has 1 fully saturated rings. The van der Waals surface area contributed by atoms with E-state index in [1.54, 1.807) is 6.08 Å². The lowest BCUT2D eigenvalue weighted by atomic mass is 10.0. The second-order valence-corrected chi connectivity index (χ2v) is 5.63. The zero-order chi connectivity index (χ0) is 15.2. The zero-order valence-electron chi connectivity index (χ0n) is 13.0. The minimum Gasteiger partial charge on any atom is -0.341 e. The fourth-order valence-corrected chi connectivity index (χ4v) is 2.61. The first-order valence-corrected chi connectivity index (χ1v) is 7.52. The van der Waals surface area contributed by atoms with Crippen molar-refractivity contribution in [2.75, 3.05) is 25.0 Å². The van der Waals surface area contributed by atoms with Gasteiger partial charge in [0.15, 0.2) is 0 Å². The van der Waals surface area contributed by atoms with Gasteiger partial charge in [-0.3, -0.25) is 4.79 Å². The van der Waals surface area contributed by atoms with Crippen LogP contribution < -0.4 is 4.90 Å². The molecular weight excluding hydrogens is 264 g/mol. The number of piperidine rings is 1. The lowest BCUT2D eigenvalue weighted by Gasteiger charge is -2.37. The van der Waals surface area contributed by atoms with Gasteiger partial charge < -0.3 is 9.80 Å². The van der Waals surface area contributed by atoms with Crippen molar-refractivity contribution in [3.8, 4) is 0 Å². The van der Waals surface area contributed by atoms with E-state index in [0.717, 1.165) is 43.9 Å². The summed E-state index contributed by atoms with van der Waals surface area (Å²) in [5, 5.41) is 0. The molecule has 0 aliphatic carbocycles. The predicted octanol–water partition coefficient (Wildman–Crippen LogP) is 2.18. The quantitative estimate of drug-likeness (QED) is 0.779. The molecule has 0 radical (unpaired) electrons. The third-order valence-electron chi connectivity index (χ3n) is 3.94. The van der Waals surface area contributed by atoms with Crippen LogP contribution in [-0.4, -0.2) is 47.0 Å². The van der Waals surface area contributed by atoms with Gasteiger partial charge in [0.05, 0.1) is 0 Å². The van der Waals surface area contributed by atoms with Crippen LogP contribution in [0.1, 0.15) is 31.2 Å². The number of allylic oxidation sites excluding steroid dienone is 1. The zero-order valence-corrected chi connectivity index (χ0v) is 13.0. The highest BCUT2D eigenvalue weighted by molar-refractivity contribution is 5.76. The molecule has 1 amide bonds. The number of hydrogen-bond acceptors (Lipinski definition) is 4. The number of hydrogen-bond donors (Lipinski definition) is 0. The number of nitrogens with zero attached hydrogens (tertiary/aromatic N) is 4. The Labute approximate surface area is 126 Å². The highest BCUT2D eigenvalue weighted by Crippen LogP contribution is 2.19. The number of rotatable bonds is 5. The molecule has 114 valence electrons. The van der Waals surface area contributed by atoms with Crippen LogP contribution in [0.5, 0.6) is 0 Å². The van der Waals surface area contributed by atoms with E-state index in [9.17, 15) is 4.79 Å². The van der Waals surface area contributed by atoms with E-state index in [1.165, 1.54) is 0 Å². The van der Waals surface area contributed by atoms with Gasteiger partial charge in [-0.2, -0.15) is 0 Å². The van der Waals surface area contributed by atoms with Crippen molar-refractivity contribution in [2.24, 2.45) is 0 Å². The molecular formula is C16H24N4O. The molecule has 1 unspecified atom stereocenters. The number of carbonyl (C=O) groups excluding carboxylic acids is 1. The van der Waals surface area contributed by atoms with Crippen LogP contribution in [0.4, 0.5) is 5.95 Å². The first-order chi connectivity index (χ1) is 10.1. The second kappa shape index (κ2) is 7.20. The summed E-state index contributed by atoms with van der Waals surface area (Å²) in [5.74, 6) is 0.948. The minimum atomic E-state index is 0.220. The van der Waals surface area contributed by atoms with Crippen LogP contribution in [0, 0.1) is 6.92 Å². The average Bonchev–Trinajstić information content (AvgIpc) is 2.52. The molecule has 2 heterocycles. The average molecular weight is 288 g/mol. The molecule has 0 saturated carbocycles. The van der Waals surface area contributed by atoms with Crippen LogP contribution >= 0.6 is 0 Å². The molecule has 1 aliphatic rings. The fourth-order valence-electron chi connectivity index (χ4n) is 2.61. The number of aryl methyl sites for hydroxylation is 1. The Balaban J connectivity index is 1.98.